The number of thiophene rings is 1. The predicted molar refractivity (Wildman–Crippen MR) is 89.5 cm³/mol. The summed E-state index contributed by atoms with van der Waals surface area (Å²) in [7, 11) is 0. The summed E-state index contributed by atoms with van der Waals surface area (Å²) in [6.45, 7) is 6.59. The van der Waals surface area contributed by atoms with Crippen molar-refractivity contribution in [2.45, 2.75) is 38.7 Å². The van der Waals surface area contributed by atoms with Gasteiger partial charge in [-0.25, -0.2) is 0 Å². The first kappa shape index (κ1) is 14.8. The monoisotopic (exact) mass is 364 g/mol. The van der Waals surface area contributed by atoms with Crippen LogP contribution in [-0.2, 0) is 5.41 Å². The minimum absolute atomic E-state index is 0.128. The van der Waals surface area contributed by atoms with E-state index in [9.17, 15) is 4.79 Å². The van der Waals surface area contributed by atoms with Gasteiger partial charge >= 0.3 is 0 Å². The Balaban J connectivity index is 1.92. The van der Waals surface area contributed by atoms with Gasteiger partial charge in [-0.05, 0) is 35.7 Å². The molecule has 2 nitrogen and oxygen atoms in total. The van der Waals surface area contributed by atoms with Crippen LogP contribution >= 0.6 is 27.3 Å². The van der Waals surface area contributed by atoms with Gasteiger partial charge in [0.1, 0.15) is 11.9 Å². The van der Waals surface area contributed by atoms with E-state index in [0.29, 0.717) is 17.7 Å². The molecular formula is C17H17BrO2S. The zero-order chi connectivity index (χ0) is 15.2. The van der Waals surface area contributed by atoms with Crippen LogP contribution in [-0.4, -0.2) is 5.78 Å². The van der Waals surface area contributed by atoms with Gasteiger partial charge in [0.05, 0.1) is 12.0 Å². The Morgan fingerprint density at radius 1 is 1.24 bits per heavy atom. The second-order valence-electron chi connectivity index (χ2n) is 6.33. The van der Waals surface area contributed by atoms with Crippen LogP contribution in [0.4, 0.5) is 0 Å². The number of ether oxygens (including phenoxy) is 1. The third kappa shape index (κ3) is 2.92. The third-order valence-electron chi connectivity index (χ3n) is 3.57. The van der Waals surface area contributed by atoms with Crippen LogP contribution in [0.25, 0.3) is 0 Å². The topological polar surface area (TPSA) is 26.3 Å². The van der Waals surface area contributed by atoms with E-state index in [1.165, 1.54) is 4.88 Å². The third-order valence-corrected chi connectivity index (χ3v) is 5.66. The summed E-state index contributed by atoms with van der Waals surface area (Å²) in [5.41, 5.74) is 0.810. The van der Waals surface area contributed by atoms with E-state index in [2.05, 4.69) is 48.8 Å². The Bertz CT molecular complexity index is 697. The maximum atomic E-state index is 12.3. The highest BCUT2D eigenvalue weighted by Gasteiger charge is 2.29. The van der Waals surface area contributed by atoms with Crippen molar-refractivity contribution >= 4 is 33.0 Å². The highest BCUT2D eigenvalue weighted by Crippen LogP contribution is 2.40. The quantitative estimate of drug-likeness (QED) is 0.666. The summed E-state index contributed by atoms with van der Waals surface area (Å²) in [6.07, 6.45) is 0.249. The van der Waals surface area contributed by atoms with Crippen molar-refractivity contribution in [2.24, 2.45) is 0 Å². The fraction of sp³-hybridized carbons (Fsp3) is 0.353. The van der Waals surface area contributed by atoms with Gasteiger partial charge in [-0.15, -0.1) is 11.3 Å². The minimum Gasteiger partial charge on any atom is -0.484 e. The van der Waals surface area contributed by atoms with Crippen molar-refractivity contribution in [2.75, 3.05) is 0 Å². The fourth-order valence-corrected chi connectivity index (χ4v) is 3.82. The van der Waals surface area contributed by atoms with Gasteiger partial charge in [-0.3, -0.25) is 4.79 Å². The highest BCUT2D eigenvalue weighted by atomic mass is 79.9. The molecule has 0 aliphatic carbocycles. The Kier molecular flexibility index (Phi) is 3.70. The van der Waals surface area contributed by atoms with Crippen LogP contribution in [0.2, 0.25) is 0 Å². The molecule has 0 saturated heterocycles. The second kappa shape index (κ2) is 5.25. The van der Waals surface area contributed by atoms with Crippen LogP contribution in [0.1, 0.15) is 53.4 Å². The lowest BCUT2D eigenvalue weighted by molar-refractivity contribution is 0.0854. The average Bonchev–Trinajstić information content (AvgIpc) is 2.87. The SMILES string of the molecule is CC(C)(C)c1ccc(C2CC(=O)c3ccc(Br)cc3O2)s1. The van der Waals surface area contributed by atoms with Crippen molar-refractivity contribution in [1.82, 2.24) is 0 Å². The molecule has 0 radical (unpaired) electrons. The number of rotatable bonds is 1. The molecule has 2 heterocycles. The van der Waals surface area contributed by atoms with Gasteiger partial charge in [0.25, 0.3) is 0 Å². The smallest absolute Gasteiger partial charge is 0.170 e. The number of carbonyl (C=O) groups excluding carboxylic acids is 1. The lowest BCUT2D eigenvalue weighted by Crippen LogP contribution is -2.19. The zero-order valence-electron chi connectivity index (χ0n) is 12.3. The van der Waals surface area contributed by atoms with Gasteiger partial charge in [-0.2, -0.15) is 0 Å². The van der Waals surface area contributed by atoms with Crippen LogP contribution in [0.3, 0.4) is 0 Å². The molecule has 1 aromatic heterocycles. The molecule has 110 valence electrons. The molecule has 0 amide bonds. The van der Waals surface area contributed by atoms with E-state index < -0.39 is 0 Å². The number of benzene rings is 1. The Morgan fingerprint density at radius 2 is 2.00 bits per heavy atom. The molecule has 0 N–H and O–H groups in total. The lowest BCUT2D eigenvalue weighted by Gasteiger charge is -2.24. The Morgan fingerprint density at radius 3 is 2.67 bits per heavy atom. The standard InChI is InChI=1S/C17H17BrO2S/c1-17(2,3)16-7-6-15(21-16)14-9-12(19)11-5-4-10(18)8-13(11)20-14/h4-8,14H,9H2,1-3H3. The molecule has 2 aromatic rings. The number of carbonyl (C=O) groups is 1. The summed E-state index contributed by atoms with van der Waals surface area (Å²) in [5, 5.41) is 0. The first-order valence-corrected chi connectivity index (χ1v) is 8.55. The molecule has 0 spiro atoms. The summed E-state index contributed by atoms with van der Waals surface area (Å²) in [6, 6.07) is 9.81. The van der Waals surface area contributed by atoms with E-state index in [-0.39, 0.29) is 17.3 Å². The van der Waals surface area contributed by atoms with Crippen LogP contribution in [0, 0.1) is 0 Å². The van der Waals surface area contributed by atoms with Gasteiger partial charge in [0, 0.05) is 14.2 Å². The lowest BCUT2D eigenvalue weighted by atomic mass is 9.95. The predicted octanol–water partition coefficient (Wildman–Crippen LogP) is 5.51. The van der Waals surface area contributed by atoms with Gasteiger partial charge in [0.2, 0.25) is 0 Å². The summed E-state index contributed by atoms with van der Waals surface area (Å²) in [4.78, 5) is 14.7. The zero-order valence-corrected chi connectivity index (χ0v) is 14.7. The van der Waals surface area contributed by atoms with Gasteiger partial charge in [-0.1, -0.05) is 36.7 Å². The number of hydrogen-bond donors (Lipinski definition) is 0. The maximum Gasteiger partial charge on any atom is 0.170 e. The van der Waals surface area contributed by atoms with E-state index in [4.69, 9.17) is 4.74 Å². The molecule has 21 heavy (non-hydrogen) atoms. The van der Waals surface area contributed by atoms with Crippen molar-refractivity contribution in [3.63, 3.8) is 0 Å². The first-order chi connectivity index (χ1) is 9.84. The Labute approximate surface area is 137 Å². The van der Waals surface area contributed by atoms with E-state index in [1.54, 1.807) is 11.3 Å². The average molecular weight is 365 g/mol. The van der Waals surface area contributed by atoms with Crippen molar-refractivity contribution in [1.29, 1.82) is 0 Å². The molecule has 1 atom stereocenters. The number of halogens is 1. The van der Waals surface area contributed by atoms with Crippen LogP contribution in [0.15, 0.2) is 34.8 Å². The second-order valence-corrected chi connectivity index (χ2v) is 8.36. The molecule has 1 aliphatic rings. The fourth-order valence-electron chi connectivity index (χ4n) is 2.38. The maximum absolute atomic E-state index is 12.3. The van der Waals surface area contributed by atoms with E-state index >= 15 is 0 Å². The summed E-state index contributed by atoms with van der Waals surface area (Å²) >= 11 is 5.17. The van der Waals surface area contributed by atoms with E-state index in [1.807, 2.05) is 18.2 Å². The molecule has 0 bridgehead atoms. The molecule has 0 fully saturated rings. The van der Waals surface area contributed by atoms with Crippen molar-refractivity contribution in [3.8, 4) is 5.75 Å². The molecule has 1 unspecified atom stereocenters. The minimum atomic E-state index is -0.166. The number of Topliss-reactive ketones (excluding diaryl/α,β-unsaturated/α-hetero) is 1. The molecule has 3 rings (SSSR count). The van der Waals surface area contributed by atoms with E-state index in [0.717, 1.165) is 9.35 Å². The van der Waals surface area contributed by atoms with Crippen LogP contribution in [0.5, 0.6) is 5.75 Å². The number of fused-ring (bicyclic) bond motifs is 1. The largest absolute Gasteiger partial charge is 0.484 e. The number of hydrogen-bond acceptors (Lipinski definition) is 3. The molecule has 1 aliphatic heterocycles. The molecule has 1 aromatic carbocycles. The van der Waals surface area contributed by atoms with Crippen LogP contribution < -0.4 is 4.74 Å². The Hall–Kier alpha value is -1.13. The van der Waals surface area contributed by atoms with Crippen molar-refractivity contribution in [3.05, 3.63) is 50.1 Å². The summed E-state index contributed by atoms with van der Waals surface area (Å²) in [5.74, 6) is 0.829. The van der Waals surface area contributed by atoms with Gasteiger partial charge < -0.3 is 4.74 Å². The molecular weight excluding hydrogens is 348 g/mol. The first-order valence-electron chi connectivity index (χ1n) is 6.94. The summed E-state index contributed by atoms with van der Waals surface area (Å²) < 4.78 is 6.98. The van der Waals surface area contributed by atoms with Gasteiger partial charge in [0.15, 0.2) is 5.78 Å². The highest BCUT2D eigenvalue weighted by molar-refractivity contribution is 9.10. The number of ketones is 1. The normalized spacial score (nSPS) is 18.3. The molecule has 4 heteroatoms. The molecule has 0 saturated carbocycles. The van der Waals surface area contributed by atoms with Crippen molar-refractivity contribution < 1.29 is 9.53 Å².